The number of carbonyl (C=O) groups is 1. The Balaban J connectivity index is 2.31. The molecule has 0 aliphatic carbocycles. The Morgan fingerprint density at radius 1 is 1.62 bits per heavy atom. The van der Waals surface area contributed by atoms with Crippen LogP contribution < -0.4 is 5.32 Å². The maximum absolute atomic E-state index is 11.6. The predicted octanol–water partition coefficient (Wildman–Crippen LogP) is 1.79. The largest absolute Gasteiger partial charge is 0.358 e. The van der Waals surface area contributed by atoms with Gasteiger partial charge in [0.2, 0.25) is 5.91 Å². The molecule has 0 aromatic rings. The SMILES string of the molecule is C=CCNC(=O)C(C)SC(=S)N1CCCC1. The molecule has 3 nitrogen and oxygen atoms in total. The standard InChI is InChI=1S/C11H18N2OS2/c1-3-6-12-10(14)9(2)16-11(15)13-7-4-5-8-13/h3,9H,1,4-8H2,2H3,(H,12,14). The van der Waals surface area contributed by atoms with Crippen LogP contribution in [0.5, 0.6) is 0 Å². The zero-order chi connectivity index (χ0) is 12.0. The molecule has 1 rings (SSSR count). The molecule has 0 aromatic heterocycles. The molecule has 0 radical (unpaired) electrons. The Labute approximate surface area is 107 Å². The number of likely N-dealkylation sites (tertiary alicyclic amines) is 1. The third kappa shape index (κ3) is 4.14. The number of hydrogen-bond donors (Lipinski definition) is 1. The molecule has 16 heavy (non-hydrogen) atoms. The maximum Gasteiger partial charge on any atom is 0.233 e. The minimum Gasteiger partial charge on any atom is -0.358 e. The van der Waals surface area contributed by atoms with Gasteiger partial charge in [0.15, 0.2) is 0 Å². The summed E-state index contributed by atoms with van der Waals surface area (Å²) in [6, 6.07) is 0. The summed E-state index contributed by atoms with van der Waals surface area (Å²) in [5.41, 5.74) is 0. The second-order valence-electron chi connectivity index (χ2n) is 3.75. The molecule has 90 valence electrons. The van der Waals surface area contributed by atoms with Gasteiger partial charge in [-0.05, 0) is 19.8 Å². The number of hydrogen-bond acceptors (Lipinski definition) is 3. The lowest BCUT2D eigenvalue weighted by Crippen LogP contribution is -2.33. The smallest absolute Gasteiger partial charge is 0.233 e. The van der Waals surface area contributed by atoms with Crippen LogP contribution >= 0.6 is 24.0 Å². The van der Waals surface area contributed by atoms with Crippen LogP contribution in [0.4, 0.5) is 0 Å². The fraction of sp³-hybridized carbons (Fsp3) is 0.636. The molecule has 1 fully saturated rings. The Morgan fingerprint density at radius 3 is 2.81 bits per heavy atom. The molecule has 1 unspecified atom stereocenters. The second kappa shape index (κ2) is 6.91. The summed E-state index contributed by atoms with van der Waals surface area (Å²) in [6.07, 6.45) is 4.09. The summed E-state index contributed by atoms with van der Waals surface area (Å²) in [5, 5.41) is 2.64. The van der Waals surface area contributed by atoms with Crippen LogP contribution in [-0.4, -0.2) is 40.0 Å². The molecule has 0 saturated carbocycles. The molecular weight excluding hydrogens is 240 g/mol. The quantitative estimate of drug-likeness (QED) is 0.615. The van der Waals surface area contributed by atoms with Gasteiger partial charge in [-0.2, -0.15) is 0 Å². The predicted molar refractivity (Wildman–Crippen MR) is 73.7 cm³/mol. The summed E-state index contributed by atoms with van der Waals surface area (Å²) >= 11 is 6.78. The number of nitrogens with one attached hydrogen (secondary N) is 1. The average Bonchev–Trinajstić information content (AvgIpc) is 2.79. The van der Waals surface area contributed by atoms with E-state index in [-0.39, 0.29) is 11.2 Å². The lowest BCUT2D eigenvalue weighted by Gasteiger charge is -2.20. The average molecular weight is 258 g/mol. The van der Waals surface area contributed by atoms with E-state index in [9.17, 15) is 4.79 Å². The number of nitrogens with zero attached hydrogens (tertiary/aromatic N) is 1. The molecule has 1 N–H and O–H groups in total. The van der Waals surface area contributed by atoms with Crippen LogP contribution in [0.2, 0.25) is 0 Å². The lowest BCUT2D eigenvalue weighted by molar-refractivity contribution is -0.120. The van der Waals surface area contributed by atoms with Crippen molar-refractivity contribution in [3.8, 4) is 0 Å². The first-order chi connectivity index (χ1) is 7.65. The molecular formula is C11H18N2OS2. The van der Waals surface area contributed by atoms with Gasteiger partial charge < -0.3 is 10.2 Å². The van der Waals surface area contributed by atoms with Crippen LogP contribution in [0.1, 0.15) is 19.8 Å². The van der Waals surface area contributed by atoms with Crippen LogP contribution in [0.25, 0.3) is 0 Å². The zero-order valence-corrected chi connectivity index (χ0v) is 11.2. The van der Waals surface area contributed by atoms with E-state index in [1.165, 1.54) is 24.6 Å². The van der Waals surface area contributed by atoms with Crippen molar-refractivity contribution in [2.45, 2.75) is 25.0 Å². The van der Waals surface area contributed by atoms with E-state index in [1.807, 2.05) is 6.92 Å². The van der Waals surface area contributed by atoms with E-state index in [0.717, 1.165) is 17.4 Å². The first kappa shape index (κ1) is 13.5. The lowest BCUT2D eigenvalue weighted by atomic mass is 10.4. The van der Waals surface area contributed by atoms with Crippen molar-refractivity contribution < 1.29 is 4.79 Å². The maximum atomic E-state index is 11.6. The third-order valence-corrected chi connectivity index (χ3v) is 4.01. The molecule has 1 saturated heterocycles. The van der Waals surface area contributed by atoms with Gasteiger partial charge >= 0.3 is 0 Å². The first-order valence-corrected chi connectivity index (χ1v) is 6.78. The highest BCUT2D eigenvalue weighted by molar-refractivity contribution is 8.23. The van der Waals surface area contributed by atoms with Crippen LogP contribution in [0, 0.1) is 0 Å². The van der Waals surface area contributed by atoms with Crippen molar-refractivity contribution >= 4 is 34.2 Å². The number of thiocarbonyl (C=S) groups is 1. The topological polar surface area (TPSA) is 32.3 Å². The van der Waals surface area contributed by atoms with Crippen molar-refractivity contribution in [1.29, 1.82) is 0 Å². The van der Waals surface area contributed by atoms with Gasteiger partial charge in [-0.15, -0.1) is 6.58 Å². The summed E-state index contributed by atoms with van der Waals surface area (Å²) in [7, 11) is 0. The Hall–Kier alpha value is -0.550. The first-order valence-electron chi connectivity index (χ1n) is 5.49. The molecule has 0 aromatic carbocycles. The van der Waals surface area contributed by atoms with Gasteiger partial charge in [-0.1, -0.05) is 30.1 Å². The highest BCUT2D eigenvalue weighted by atomic mass is 32.2. The van der Waals surface area contributed by atoms with Gasteiger partial charge in [0.1, 0.15) is 4.32 Å². The van der Waals surface area contributed by atoms with E-state index in [4.69, 9.17) is 12.2 Å². The highest BCUT2D eigenvalue weighted by Gasteiger charge is 2.20. The summed E-state index contributed by atoms with van der Waals surface area (Å²) in [5.74, 6) is 0.0199. The molecule has 1 atom stereocenters. The highest BCUT2D eigenvalue weighted by Crippen LogP contribution is 2.20. The van der Waals surface area contributed by atoms with Gasteiger partial charge in [0.05, 0.1) is 5.25 Å². The number of amides is 1. The van der Waals surface area contributed by atoms with Gasteiger partial charge in [0, 0.05) is 19.6 Å². The van der Waals surface area contributed by atoms with Crippen molar-refractivity contribution in [3.05, 3.63) is 12.7 Å². The fourth-order valence-corrected chi connectivity index (χ4v) is 2.94. The summed E-state index contributed by atoms with van der Waals surface area (Å²) < 4.78 is 0.846. The van der Waals surface area contributed by atoms with Gasteiger partial charge in [-0.25, -0.2) is 0 Å². The zero-order valence-electron chi connectivity index (χ0n) is 9.57. The number of carbonyl (C=O) groups excluding carboxylic acids is 1. The van der Waals surface area contributed by atoms with Gasteiger partial charge in [-0.3, -0.25) is 4.79 Å². The molecule has 1 heterocycles. The molecule has 1 aliphatic heterocycles. The summed E-state index contributed by atoms with van der Waals surface area (Å²) in [4.78, 5) is 13.8. The minimum absolute atomic E-state index is 0.0199. The third-order valence-electron chi connectivity index (χ3n) is 2.43. The number of thioether (sulfide) groups is 1. The van der Waals surface area contributed by atoms with E-state index in [1.54, 1.807) is 6.08 Å². The summed E-state index contributed by atoms with van der Waals surface area (Å²) in [6.45, 7) is 8.02. The Kier molecular flexibility index (Phi) is 5.84. The Morgan fingerprint density at radius 2 is 2.25 bits per heavy atom. The van der Waals surface area contributed by atoms with Gasteiger partial charge in [0.25, 0.3) is 0 Å². The van der Waals surface area contributed by atoms with E-state index in [0.29, 0.717) is 6.54 Å². The molecule has 0 spiro atoms. The second-order valence-corrected chi connectivity index (χ2v) is 5.73. The van der Waals surface area contributed by atoms with Crippen molar-refractivity contribution in [2.75, 3.05) is 19.6 Å². The molecule has 0 bridgehead atoms. The molecule has 1 aliphatic rings. The van der Waals surface area contributed by atoms with Crippen molar-refractivity contribution in [2.24, 2.45) is 0 Å². The van der Waals surface area contributed by atoms with E-state index < -0.39 is 0 Å². The van der Waals surface area contributed by atoms with Crippen molar-refractivity contribution in [3.63, 3.8) is 0 Å². The van der Waals surface area contributed by atoms with E-state index in [2.05, 4.69) is 16.8 Å². The Bertz CT molecular complexity index is 275. The normalized spacial score (nSPS) is 16.9. The van der Waals surface area contributed by atoms with Crippen LogP contribution in [0.15, 0.2) is 12.7 Å². The number of rotatable bonds is 4. The monoisotopic (exact) mass is 258 g/mol. The van der Waals surface area contributed by atoms with Crippen molar-refractivity contribution in [1.82, 2.24) is 10.2 Å². The van der Waals surface area contributed by atoms with Crippen LogP contribution in [-0.2, 0) is 4.79 Å². The van der Waals surface area contributed by atoms with Crippen LogP contribution in [0.3, 0.4) is 0 Å². The fourth-order valence-electron chi connectivity index (χ4n) is 1.50. The minimum atomic E-state index is -0.131. The molecule has 1 amide bonds. The van der Waals surface area contributed by atoms with E-state index >= 15 is 0 Å². The molecule has 5 heteroatoms.